The number of thiophene rings is 1. The summed E-state index contributed by atoms with van der Waals surface area (Å²) in [5.74, 6) is -1.22. The van der Waals surface area contributed by atoms with Gasteiger partial charge in [0.15, 0.2) is 17.5 Å². The highest BCUT2D eigenvalue weighted by Crippen LogP contribution is 2.43. The maximum absolute atomic E-state index is 9.58. The zero-order valence-electron chi connectivity index (χ0n) is 44.6. The number of fused-ring (bicyclic) bond motifs is 10. The Labute approximate surface area is 322 Å². The van der Waals surface area contributed by atoms with E-state index in [0.29, 0.717) is 11.0 Å². The van der Waals surface area contributed by atoms with Crippen LogP contribution in [0.1, 0.15) is 26.0 Å². The molecule has 11 rings (SSSR count). The quantitative estimate of drug-likeness (QED) is 0.185. The third-order valence-corrected chi connectivity index (χ3v) is 9.65. The molecule has 7 aromatic carbocycles. The average molecular weight is 690 g/mol. The van der Waals surface area contributed by atoms with Gasteiger partial charge >= 0.3 is 0 Å². The summed E-state index contributed by atoms with van der Waals surface area (Å²) in [6.07, 6.45) is 0. The number of nitrogens with zero attached hydrogens (tertiary/aromatic N) is 4. The predicted molar refractivity (Wildman–Crippen MR) is 211 cm³/mol. The van der Waals surface area contributed by atoms with Crippen molar-refractivity contribution in [2.45, 2.75) is 0 Å². The zero-order chi connectivity index (χ0) is 50.0. The summed E-state index contributed by atoms with van der Waals surface area (Å²) < 4.78 is 177. The first kappa shape index (κ1) is 15.5. The van der Waals surface area contributed by atoms with Crippen LogP contribution in [0.25, 0.3) is 104 Å². The van der Waals surface area contributed by atoms with E-state index in [0.717, 1.165) is 21.3 Å². The van der Waals surface area contributed by atoms with E-state index in [9.17, 15) is 9.60 Å². The first-order valence-corrected chi connectivity index (χ1v) is 16.2. The molecule has 0 aliphatic heterocycles. The van der Waals surface area contributed by atoms with Crippen molar-refractivity contribution >= 4 is 75.3 Å². The number of furan rings is 1. The van der Waals surface area contributed by atoms with Gasteiger partial charge in [-0.1, -0.05) is 103 Å². The minimum absolute atomic E-state index is 0.00741. The molecule has 5 nitrogen and oxygen atoms in total. The zero-order valence-corrected chi connectivity index (χ0v) is 26.5. The fourth-order valence-corrected chi connectivity index (χ4v) is 7.45. The molecular formula is C45H26N4OS. The third-order valence-electron chi connectivity index (χ3n) is 8.53. The summed E-state index contributed by atoms with van der Waals surface area (Å²) in [6.45, 7) is 0. The van der Waals surface area contributed by atoms with Gasteiger partial charge in [-0.05, 0) is 54.4 Å². The Bertz CT molecular complexity index is 4200. The SMILES string of the molecule is [2H]c1c([2H])c([2H])c(-c2nc(-c3c([2H])c([2H])c(-n4c5c([2H])c([2H])c([2H])c([2H])c5c5c6sc7c([2H])c([2H])c([2H])c([2H])c7c6c([2H])c([2H])c54)c([2H])c3[2H])nc(-c3cccc4c3oc3ccccc34)n2)c([2H])c1[2H]. The smallest absolute Gasteiger partial charge is 0.167 e. The van der Waals surface area contributed by atoms with Crippen molar-refractivity contribution < 1.29 is 30.5 Å². The van der Waals surface area contributed by atoms with Crippen LogP contribution in [-0.4, -0.2) is 19.5 Å². The second-order valence-corrected chi connectivity index (χ2v) is 12.4. The molecule has 0 saturated heterocycles. The second-order valence-electron chi connectivity index (χ2n) is 11.4. The van der Waals surface area contributed by atoms with E-state index >= 15 is 0 Å². The lowest BCUT2D eigenvalue weighted by atomic mass is 10.1. The van der Waals surface area contributed by atoms with Crippen molar-refractivity contribution in [3.8, 4) is 39.9 Å². The van der Waals surface area contributed by atoms with Gasteiger partial charge in [-0.3, -0.25) is 0 Å². The lowest BCUT2D eigenvalue weighted by Gasteiger charge is -2.11. The summed E-state index contributed by atoms with van der Waals surface area (Å²) >= 11 is 0.807. The first-order chi connectivity index (χ1) is 33.2. The lowest BCUT2D eigenvalue weighted by Crippen LogP contribution is -2.00. The molecule has 0 amide bonds. The predicted octanol–water partition coefficient (Wildman–Crippen LogP) is 12.2. The Hall–Kier alpha value is -6.63. The number of benzene rings is 7. The molecular weight excluding hydrogens is 645 g/mol. The molecule has 0 fully saturated rings. The van der Waals surface area contributed by atoms with Gasteiger partial charge in [0.25, 0.3) is 0 Å². The fraction of sp³-hybridized carbons (Fsp3) is 0. The van der Waals surface area contributed by atoms with Gasteiger partial charge in [-0.25, -0.2) is 15.0 Å². The van der Waals surface area contributed by atoms with Crippen molar-refractivity contribution in [2.75, 3.05) is 0 Å². The number of rotatable bonds is 4. The standard InChI is InChI=1S/C45H26N4OS/c1-2-11-27(12-3-1)43-46-44(48-45(47-43)35-17-10-16-32-30-13-5-8-19-38(30)50-41(32)35)28-21-23-29(24-22-28)49-36-18-7-4-15-34(36)40-37(49)26-25-33-31-14-6-9-20-39(31)51-42(33)40/h1-26H/i1D,2D,3D,4D,6D,7D,9D,11D,12D,14D,15D,18D,20D,21D,22D,23D,24D,25D,26D. The Balaban J connectivity index is 1.26. The normalized spacial score (nSPS) is 17.1. The number of hydrogen-bond acceptors (Lipinski definition) is 5. The van der Waals surface area contributed by atoms with Crippen molar-refractivity contribution in [3.05, 3.63) is 157 Å². The molecule has 11 aromatic rings. The van der Waals surface area contributed by atoms with Crippen LogP contribution in [0.15, 0.2) is 162 Å². The van der Waals surface area contributed by atoms with E-state index < -0.39 is 149 Å². The average Bonchev–Trinajstić information content (AvgIpc) is 4.05. The summed E-state index contributed by atoms with van der Waals surface area (Å²) in [7, 11) is 0. The van der Waals surface area contributed by atoms with E-state index in [4.69, 9.17) is 20.9 Å². The van der Waals surface area contributed by atoms with E-state index in [2.05, 4.69) is 15.0 Å². The summed E-state index contributed by atoms with van der Waals surface area (Å²) in [4.78, 5) is 13.7. The van der Waals surface area contributed by atoms with Gasteiger partial charge in [0.1, 0.15) is 11.2 Å². The largest absolute Gasteiger partial charge is 0.455 e. The van der Waals surface area contributed by atoms with Gasteiger partial charge in [0, 0.05) is 58.5 Å². The molecule has 51 heavy (non-hydrogen) atoms. The summed E-state index contributed by atoms with van der Waals surface area (Å²) in [5.41, 5.74) is -1.35. The molecule has 0 aliphatic rings. The molecule has 0 aliphatic carbocycles. The van der Waals surface area contributed by atoms with Crippen LogP contribution in [0.2, 0.25) is 0 Å². The van der Waals surface area contributed by atoms with Crippen molar-refractivity contribution in [3.63, 3.8) is 0 Å². The van der Waals surface area contributed by atoms with Crippen LogP contribution in [0, 0.1) is 0 Å². The van der Waals surface area contributed by atoms with Crippen LogP contribution < -0.4 is 0 Å². The second kappa shape index (κ2) is 10.9. The van der Waals surface area contributed by atoms with E-state index in [1.807, 2.05) is 12.1 Å². The molecule has 0 atom stereocenters. The van der Waals surface area contributed by atoms with Crippen molar-refractivity contribution in [1.82, 2.24) is 19.5 Å². The number of hydrogen-bond donors (Lipinski definition) is 0. The van der Waals surface area contributed by atoms with Crippen LogP contribution in [0.3, 0.4) is 0 Å². The molecule has 0 unspecified atom stereocenters. The molecule has 0 spiro atoms. The first-order valence-electron chi connectivity index (χ1n) is 24.9. The molecule has 238 valence electrons. The molecule has 0 N–H and O–H groups in total. The maximum atomic E-state index is 9.58. The van der Waals surface area contributed by atoms with Gasteiger partial charge < -0.3 is 8.98 Å². The van der Waals surface area contributed by atoms with Crippen LogP contribution in [0.4, 0.5) is 0 Å². The van der Waals surface area contributed by atoms with Gasteiger partial charge in [-0.2, -0.15) is 0 Å². The minimum atomic E-state index is -0.838. The van der Waals surface area contributed by atoms with Crippen molar-refractivity contribution in [2.24, 2.45) is 0 Å². The van der Waals surface area contributed by atoms with Crippen molar-refractivity contribution in [1.29, 1.82) is 0 Å². The Kier molecular flexibility index (Phi) is 3.32. The number of para-hydroxylation sites is 3. The third kappa shape index (κ3) is 4.30. The fourth-order valence-electron chi connectivity index (χ4n) is 6.33. The highest BCUT2D eigenvalue weighted by Gasteiger charge is 2.20. The molecule has 0 radical (unpaired) electrons. The van der Waals surface area contributed by atoms with Gasteiger partial charge in [-0.15, -0.1) is 11.3 Å². The highest BCUT2D eigenvalue weighted by atomic mass is 32.1. The summed E-state index contributed by atoms with van der Waals surface area (Å²) in [6, 6.07) is -0.700. The maximum Gasteiger partial charge on any atom is 0.167 e. The molecule has 4 aromatic heterocycles. The van der Waals surface area contributed by atoms with Gasteiger partial charge in [0.05, 0.1) is 42.6 Å². The Morgan fingerprint density at radius 1 is 0.529 bits per heavy atom. The van der Waals surface area contributed by atoms with Crippen LogP contribution in [0.5, 0.6) is 0 Å². The van der Waals surface area contributed by atoms with Crippen LogP contribution in [-0.2, 0) is 0 Å². The lowest BCUT2D eigenvalue weighted by molar-refractivity contribution is 0.669. The molecule has 0 saturated carbocycles. The Morgan fingerprint density at radius 2 is 1.24 bits per heavy atom. The van der Waals surface area contributed by atoms with Gasteiger partial charge in [0.2, 0.25) is 0 Å². The Morgan fingerprint density at radius 3 is 2.10 bits per heavy atom. The van der Waals surface area contributed by atoms with E-state index in [1.165, 1.54) is 0 Å². The summed E-state index contributed by atoms with van der Waals surface area (Å²) in [5, 5.41) is 0.854. The molecule has 6 heteroatoms. The highest BCUT2D eigenvalue weighted by molar-refractivity contribution is 7.26. The van der Waals surface area contributed by atoms with E-state index in [-0.39, 0.29) is 53.4 Å². The van der Waals surface area contributed by atoms with Crippen LogP contribution >= 0.6 is 11.3 Å². The topological polar surface area (TPSA) is 56.7 Å². The molecule has 4 heterocycles. The minimum Gasteiger partial charge on any atom is -0.455 e. The number of aromatic nitrogens is 4. The monoisotopic (exact) mass is 689 g/mol. The molecule has 0 bridgehead atoms. The van der Waals surface area contributed by atoms with E-state index in [1.54, 1.807) is 30.3 Å².